The second kappa shape index (κ2) is 174. The van der Waals surface area contributed by atoms with Gasteiger partial charge in [-0.3, -0.25) is 0 Å². The zero-order valence-corrected chi connectivity index (χ0v) is 7.81. The van der Waals surface area contributed by atoms with E-state index in [1.165, 1.54) is 0 Å². The average Bonchev–Trinajstić information content (AvgIpc) is 0. The zero-order chi connectivity index (χ0) is 0. The van der Waals surface area contributed by atoms with Crippen LogP contribution in [-0.4, -0.2) is 23.9 Å². The summed E-state index contributed by atoms with van der Waals surface area (Å²) in [7, 11) is 0. The number of hydrogen-bond donors (Lipinski definition) is 0. The second-order valence-electron chi connectivity index (χ2n) is 0. The van der Waals surface area contributed by atoms with Crippen LogP contribution in [0.3, 0.4) is 0 Å². The monoisotopic (exact) mass is 298 g/mol. The summed E-state index contributed by atoms with van der Waals surface area (Å²) in [4.78, 5) is 0. The van der Waals surface area contributed by atoms with Crippen molar-refractivity contribution in [2.24, 2.45) is 0 Å². The molecule has 0 N–H and O–H groups in total. The first-order valence-electron chi connectivity index (χ1n) is 0. The van der Waals surface area contributed by atoms with Crippen molar-refractivity contribution in [1.82, 2.24) is 0 Å². The third-order valence-electron chi connectivity index (χ3n) is 0. The van der Waals surface area contributed by atoms with Crippen molar-refractivity contribution in [1.29, 1.82) is 0 Å². The molecule has 0 bridgehead atoms. The molecule has 5 nitrogen and oxygen atoms in total. The van der Waals surface area contributed by atoms with Gasteiger partial charge < -0.3 is 27.4 Å². The van der Waals surface area contributed by atoms with Gasteiger partial charge in [0.2, 0.25) is 0 Å². The molecule has 0 aromatic heterocycles. The van der Waals surface area contributed by atoms with Crippen LogP contribution in [0.1, 0.15) is 0 Å². The van der Waals surface area contributed by atoms with Crippen molar-refractivity contribution in [3.05, 3.63) is 0 Å². The standard InChI is InChI=1S/Mo.5O.Sn/q;5*-2;+4. The molecule has 0 aliphatic heterocycles. The average molecular weight is 295 g/mol. The summed E-state index contributed by atoms with van der Waals surface area (Å²) in [6, 6.07) is 0. The predicted octanol–water partition coefficient (Wildman–Crippen LogP) is -0.977. The van der Waals surface area contributed by atoms with Crippen LogP contribution in [0.2, 0.25) is 0 Å². The van der Waals surface area contributed by atoms with E-state index in [4.69, 9.17) is 0 Å². The third-order valence-corrected chi connectivity index (χ3v) is 0. The molecule has 0 aliphatic carbocycles. The van der Waals surface area contributed by atoms with Gasteiger partial charge in [0.1, 0.15) is 0 Å². The Labute approximate surface area is 72.2 Å². The summed E-state index contributed by atoms with van der Waals surface area (Å²) >= 11 is 0. The van der Waals surface area contributed by atoms with Crippen molar-refractivity contribution in [3.63, 3.8) is 0 Å². The van der Waals surface area contributed by atoms with Gasteiger partial charge in [0.15, 0.2) is 0 Å². The molecular formula is MoO5Sn-6. The molecule has 7 heavy (non-hydrogen) atoms. The van der Waals surface area contributed by atoms with E-state index in [1.54, 1.807) is 0 Å². The van der Waals surface area contributed by atoms with Gasteiger partial charge in [-0.05, 0) is 0 Å². The van der Waals surface area contributed by atoms with Crippen LogP contribution in [0.4, 0.5) is 0 Å². The summed E-state index contributed by atoms with van der Waals surface area (Å²) in [5.74, 6) is 0. The summed E-state index contributed by atoms with van der Waals surface area (Å²) < 4.78 is 0. The first-order valence-corrected chi connectivity index (χ1v) is 0. The van der Waals surface area contributed by atoms with E-state index in [2.05, 4.69) is 0 Å². The van der Waals surface area contributed by atoms with Gasteiger partial charge in [-0.25, -0.2) is 0 Å². The number of hydrogen-bond acceptors (Lipinski definition) is 0. The Morgan fingerprint density at radius 3 is 0.429 bits per heavy atom. The van der Waals surface area contributed by atoms with Gasteiger partial charge in [0, 0.05) is 21.1 Å². The van der Waals surface area contributed by atoms with Crippen molar-refractivity contribution in [2.45, 2.75) is 0 Å². The largest absolute Gasteiger partial charge is 4.00 e. The van der Waals surface area contributed by atoms with E-state index < -0.39 is 0 Å². The SMILES string of the molecule is [Mo].[O-2].[O-2].[O-2].[O-2].[O-2].[Sn+4]. The third kappa shape index (κ3) is 123. The van der Waals surface area contributed by atoms with Crippen LogP contribution in [0.5, 0.6) is 0 Å². The minimum absolute atomic E-state index is 0. The Balaban J connectivity index is 0. The molecule has 0 aromatic rings. The molecule has 0 spiro atoms. The normalized spacial score (nSPS) is 0. The zero-order valence-electron chi connectivity index (χ0n) is 2.95. The van der Waals surface area contributed by atoms with Gasteiger partial charge in [0.25, 0.3) is 0 Å². The van der Waals surface area contributed by atoms with Crippen LogP contribution in [0, 0.1) is 0 Å². The molecule has 0 aromatic carbocycles. The van der Waals surface area contributed by atoms with Crippen molar-refractivity contribution in [3.8, 4) is 0 Å². The van der Waals surface area contributed by atoms with Crippen LogP contribution in [0.15, 0.2) is 0 Å². The maximum Gasteiger partial charge on any atom is 4.00 e. The molecule has 7 heteroatoms. The van der Waals surface area contributed by atoms with Crippen LogP contribution in [-0.2, 0) is 48.4 Å². The molecule has 0 radical (unpaired) electrons. The van der Waals surface area contributed by atoms with Crippen molar-refractivity contribution < 1.29 is 48.4 Å². The van der Waals surface area contributed by atoms with E-state index >= 15 is 0 Å². The van der Waals surface area contributed by atoms with Gasteiger partial charge in [-0.15, -0.1) is 0 Å². The Hall–Kier alpha value is 1.29. The summed E-state index contributed by atoms with van der Waals surface area (Å²) in [6.07, 6.45) is 0. The smallest absolute Gasteiger partial charge is 2.00 e. The second-order valence-corrected chi connectivity index (χ2v) is 0. The molecule has 0 amide bonds. The molecule has 0 unspecified atom stereocenters. The minimum Gasteiger partial charge on any atom is -2.00 e. The quantitative estimate of drug-likeness (QED) is 0.506. The molecule has 0 heterocycles. The topological polar surface area (TPSA) is 142 Å². The van der Waals surface area contributed by atoms with Gasteiger partial charge >= 0.3 is 23.9 Å². The van der Waals surface area contributed by atoms with Crippen LogP contribution < -0.4 is 0 Å². The van der Waals surface area contributed by atoms with E-state index in [0.29, 0.717) is 0 Å². The first kappa shape index (κ1) is 266. The van der Waals surface area contributed by atoms with Crippen LogP contribution in [0.25, 0.3) is 0 Å². The van der Waals surface area contributed by atoms with Gasteiger partial charge in [0.05, 0.1) is 0 Å². The van der Waals surface area contributed by atoms with E-state index in [-0.39, 0.29) is 72.4 Å². The Morgan fingerprint density at radius 1 is 0.429 bits per heavy atom. The fraction of sp³-hybridized carbons (Fsp3) is 0. The summed E-state index contributed by atoms with van der Waals surface area (Å²) in [6.45, 7) is 0. The molecule has 0 saturated heterocycles. The van der Waals surface area contributed by atoms with E-state index in [9.17, 15) is 0 Å². The van der Waals surface area contributed by atoms with E-state index in [0.717, 1.165) is 0 Å². The molecule has 0 aliphatic rings. The van der Waals surface area contributed by atoms with Crippen LogP contribution >= 0.6 is 0 Å². The molecule has 0 fully saturated rings. The molecule has 0 atom stereocenters. The van der Waals surface area contributed by atoms with Crippen molar-refractivity contribution >= 4 is 23.9 Å². The molecule has 0 saturated carbocycles. The minimum atomic E-state index is 0. The van der Waals surface area contributed by atoms with Gasteiger partial charge in [-0.2, -0.15) is 0 Å². The fourth-order valence-electron chi connectivity index (χ4n) is 0. The molecular weight excluding hydrogens is 295 g/mol. The van der Waals surface area contributed by atoms with Crippen molar-refractivity contribution in [2.75, 3.05) is 0 Å². The number of rotatable bonds is 0. The van der Waals surface area contributed by atoms with Gasteiger partial charge in [-0.1, -0.05) is 0 Å². The summed E-state index contributed by atoms with van der Waals surface area (Å²) in [5, 5.41) is 0. The molecule has 46 valence electrons. The maximum absolute atomic E-state index is 0. The Kier molecular flexibility index (Phi) is 6600. The Morgan fingerprint density at radius 2 is 0.429 bits per heavy atom. The first-order chi connectivity index (χ1) is 0. The Bertz CT molecular complexity index is 8.04. The fourth-order valence-corrected chi connectivity index (χ4v) is 0. The predicted molar refractivity (Wildman–Crippen MR) is 9.19 cm³/mol. The summed E-state index contributed by atoms with van der Waals surface area (Å²) in [5.41, 5.74) is 0. The van der Waals surface area contributed by atoms with E-state index in [1.807, 2.05) is 0 Å². The molecule has 0 rings (SSSR count). The maximum atomic E-state index is 0.